The second kappa shape index (κ2) is 4.76. The number of hydrogen-bond acceptors (Lipinski definition) is 3. The van der Waals surface area contributed by atoms with Crippen molar-refractivity contribution in [2.24, 2.45) is 11.8 Å². The van der Waals surface area contributed by atoms with Crippen molar-refractivity contribution in [1.29, 1.82) is 0 Å². The molecule has 0 spiro atoms. The van der Waals surface area contributed by atoms with Gasteiger partial charge in [0.1, 0.15) is 17.3 Å². The Balaban J connectivity index is 2.15. The third-order valence-electron chi connectivity index (χ3n) is 3.15. The van der Waals surface area contributed by atoms with E-state index in [2.05, 4.69) is 21.8 Å². The summed E-state index contributed by atoms with van der Waals surface area (Å²) >= 11 is 11.9. The Bertz CT molecular complexity index is 383. The third-order valence-corrected chi connectivity index (χ3v) is 3.74. The van der Waals surface area contributed by atoms with Crippen LogP contribution < -0.4 is 4.90 Å². The summed E-state index contributed by atoms with van der Waals surface area (Å²) in [6.45, 7) is 3.28. The van der Waals surface area contributed by atoms with Crippen LogP contribution in [-0.4, -0.2) is 23.6 Å². The minimum Gasteiger partial charge on any atom is -0.359 e. The SMILES string of the molecule is CC1CC1CN(C)c1ncnc(Cl)c1CCl. The third kappa shape index (κ3) is 2.41. The van der Waals surface area contributed by atoms with E-state index in [1.807, 2.05) is 7.05 Å². The van der Waals surface area contributed by atoms with E-state index in [1.165, 1.54) is 12.7 Å². The van der Waals surface area contributed by atoms with Crippen molar-refractivity contribution < 1.29 is 0 Å². The summed E-state index contributed by atoms with van der Waals surface area (Å²) in [5.74, 6) is 2.81. The minimum atomic E-state index is 0.347. The average Bonchev–Trinajstić information content (AvgIpc) is 2.93. The van der Waals surface area contributed by atoms with Gasteiger partial charge in [0.15, 0.2) is 0 Å². The number of halogens is 2. The lowest BCUT2D eigenvalue weighted by Crippen LogP contribution is -2.23. The van der Waals surface area contributed by atoms with Crippen molar-refractivity contribution in [2.45, 2.75) is 19.2 Å². The maximum Gasteiger partial charge on any atom is 0.138 e. The van der Waals surface area contributed by atoms with Crippen LogP contribution in [0.2, 0.25) is 5.15 Å². The van der Waals surface area contributed by atoms with Crippen molar-refractivity contribution in [1.82, 2.24) is 9.97 Å². The van der Waals surface area contributed by atoms with E-state index < -0.39 is 0 Å². The second-order valence-corrected chi connectivity index (χ2v) is 5.08. The fourth-order valence-corrected chi connectivity index (χ4v) is 2.43. The second-order valence-electron chi connectivity index (χ2n) is 4.45. The average molecular weight is 260 g/mol. The van der Waals surface area contributed by atoms with Crippen LogP contribution in [0.5, 0.6) is 0 Å². The predicted molar refractivity (Wildman–Crippen MR) is 67.1 cm³/mol. The molecule has 1 saturated carbocycles. The molecule has 1 fully saturated rings. The molecule has 88 valence electrons. The highest BCUT2D eigenvalue weighted by molar-refractivity contribution is 6.31. The lowest BCUT2D eigenvalue weighted by atomic mass is 10.3. The van der Waals surface area contributed by atoms with Crippen molar-refractivity contribution >= 4 is 29.0 Å². The summed E-state index contributed by atoms with van der Waals surface area (Å²) in [7, 11) is 2.03. The summed E-state index contributed by atoms with van der Waals surface area (Å²) in [6, 6.07) is 0. The first kappa shape index (κ1) is 11.9. The first-order valence-electron chi connectivity index (χ1n) is 5.40. The molecule has 0 amide bonds. The van der Waals surface area contributed by atoms with E-state index in [0.717, 1.165) is 29.8 Å². The Labute approximate surface area is 106 Å². The number of hydrogen-bond donors (Lipinski definition) is 0. The lowest BCUT2D eigenvalue weighted by molar-refractivity contribution is 0.716. The molecule has 1 aromatic rings. The fraction of sp³-hybridized carbons (Fsp3) is 0.636. The Morgan fingerprint density at radius 3 is 2.75 bits per heavy atom. The van der Waals surface area contributed by atoms with E-state index in [-0.39, 0.29) is 0 Å². The van der Waals surface area contributed by atoms with Gasteiger partial charge in [0, 0.05) is 19.2 Å². The standard InChI is InChI=1S/C11H15Cl2N3/c1-7-3-8(7)5-16(2)11-9(4-12)10(13)14-6-15-11/h6-8H,3-5H2,1-2H3. The normalized spacial score (nSPS) is 23.2. The van der Waals surface area contributed by atoms with E-state index in [1.54, 1.807) is 0 Å². The van der Waals surface area contributed by atoms with Gasteiger partial charge in [0.25, 0.3) is 0 Å². The smallest absolute Gasteiger partial charge is 0.138 e. The molecule has 1 aromatic heterocycles. The van der Waals surface area contributed by atoms with Crippen LogP contribution in [0, 0.1) is 11.8 Å². The molecule has 0 aromatic carbocycles. The zero-order valence-electron chi connectivity index (χ0n) is 9.45. The Morgan fingerprint density at radius 2 is 2.19 bits per heavy atom. The van der Waals surface area contributed by atoms with Gasteiger partial charge in [-0.25, -0.2) is 9.97 Å². The van der Waals surface area contributed by atoms with E-state index in [4.69, 9.17) is 23.2 Å². The Hall–Kier alpha value is -0.540. The van der Waals surface area contributed by atoms with E-state index >= 15 is 0 Å². The van der Waals surface area contributed by atoms with Gasteiger partial charge in [-0.15, -0.1) is 11.6 Å². The maximum absolute atomic E-state index is 5.99. The molecule has 0 bridgehead atoms. The molecule has 16 heavy (non-hydrogen) atoms. The van der Waals surface area contributed by atoms with Crippen molar-refractivity contribution in [3.8, 4) is 0 Å². The molecule has 3 nitrogen and oxygen atoms in total. The van der Waals surface area contributed by atoms with Crippen LogP contribution in [-0.2, 0) is 5.88 Å². The summed E-state index contributed by atoms with van der Waals surface area (Å²) in [5.41, 5.74) is 0.821. The number of nitrogens with zero attached hydrogens (tertiary/aromatic N) is 3. The summed E-state index contributed by atoms with van der Waals surface area (Å²) in [5, 5.41) is 0.454. The summed E-state index contributed by atoms with van der Waals surface area (Å²) < 4.78 is 0. The molecule has 1 aliphatic carbocycles. The minimum absolute atomic E-state index is 0.347. The van der Waals surface area contributed by atoms with Gasteiger partial charge in [0.2, 0.25) is 0 Å². The van der Waals surface area contributed by atoms with Crippen molar-refractivity contribution in [3.05, 3.63) is 17.0 Å². The van der Waals surface area contributed by atoms with E-state index in [9.17, 15) is 0 Å². The summed E-state index contributed by atoms with van der Waals surface area (Å²) in [6.07, 6.45) is 2.79. The maximum atomic E-state index is 5.99. The van der Waals surface area contributed by atoms with Crippen LogP contribution in [0.25, 0.3) is 0 Å². The predicted octanol–water partition coefficient (Wildman–Crippen LogP) is 2.96. The molecule has 0 aliphatic heterocycles. The van der Waals surface area contributed by atoms with Crippen LogP contribution in [0.3, 0.4) is 0 Å². The van der Waals surface area contributed by atoms with Gasteiger partial charge in [-0.3, -0.25) is 0 Å². The molecule has 5 heteroatoms. The first-order valence-corrected chi connectivity index (χ1v) is 6.31. The van der Waals surface area contributed by atoms with Crippen LogP contribution in [0.1, 0.15) is 18.9 Å². The van der Waals surface area contributed by atoms with Crippen LogP contribution in [0.4, 0.5) is 5.82 Å². The molecule has 2 rings (SSSR count). The summed E-state index contributed by atoms with van der Waals surface area (Å²) in [4.78, 5) is 10.3. The molecule has 1 heterocycles. The van der Waals surface area contributed by atoms with Gasteiger partial charge in [-0.2, -0.15) is 0 Å². The number of anilines is 1. The molecule has 0 saturated heterocycles. The van der Waals surface area contributed by atoms with Crippen molar-refractivity contribution in [2.75, 3.05) is 18.5 Å². The van der Waals surface area contributed by atoms with E-state index in [0.29, 0.717) is 11.0 Å². The molecule has 1 aliphatic rings. The molecular weight excluding hydrogens is 245 g/mol. The fourth-order valence-electron chi connectivity index (χ4n) is 1.92. The topological polar surface area (TPSA) is 29.0 Å². The number of rotatable bonds is 4. The Kier molecular flexibility index (Phi) is 3.55. The molecule has 2 atom stereocenters. The van der Waals surface area contributed by atoms with Gasteiger partial charge >= 0.3 is 0 Å². The van der Waals surface area contributed by atoms with Gasteiger partial charge < -0.3 is 4.90 Å². The molecule has 0 N–H and O–H groups in total. The Morgan fingerprint density at radius 1 is 1.50 bits per heavy atom. The van der Waals surface area contributed by atoms with Crippen LogP contribution in [0.15, 0.2) is 6.33 Å². The monoisotopic (exact) mass is 259 g/mol. The quantitative estimate of drug-likeness (QED) is 0.615. The molecule has 2 unspecified atom stereocenters. The zero-order valence-corrected chi connectivity index (χ0v) is 11.0. The highest BCUT2D eigenvalue weighted by Crippen LogP contribution is 2.39. The number of alkyl halides is 1. The largest absolute Gasteiger partial charge is 0.359 e. The highest BCUT2D eigenvalue weighted by Gasteiger charge is 2.33. The van der Waals surface area contributed by atoms with Gasteiger partial charge in [-0.1, -0.05) is 18.5 Å². The van der Waals surface area contributed by atoms with Crippen LogP contribution >= 0.6 is 23.2 Å². The highest BCUT2D eigenvalue weighted by atomic mass is 35.5. The van der Waals surface area contributed by atoms with Gasteiger partial charge in [0.05, 0.1) is 5.88 Å². The van der Waals surface area contributed by atoms with Gasteiger partial charge in [-0.05, 0) is 18.3 Å². The molecule has 0 radical (unpaired) electrons. The zero-order chi connectivity index (χ0) is 11.7. The first-order chi connectivity index (χ1) is 7.63. The molecular formula is C11H15Cl2N3. The number of aromatic nitrogens is 2. The lowest BCUT2D eigenvalue weighted by Gasteiger charge is -2.20. The van der Waals surface area contributed by atoms with Crippen molar-refractivity contribution in [3.63, 3.8) is 0 Å².